The molecule has 0 aliphatic rings. The van der Waals surface area contributed by atoms with E-state index < -0.39 is 0 Å². The molecule has 0 saturated heterocycles. The lowest BCUT2D eigenvalue weighted by molar-refractivity contribution is -0.133. The summed E-state index contributed by atoms with van der Waals surface area (Å²) in [6.45, 7) is 6.83. The monoisotopic (exact) mass is 766 g/mol. The summed E-state index contributed by atoms with van der Waals surface area (Å²) < 4.78 is 22.1. The van der Waals surface area contributed by atoms with Gasteiger partial charge in [0.2, 0.25) is 11.8 Å². The van der Waals surface area contributed by atoms with Crippen molar-refractivity contribution < 1.29 is 38.1 Å². The van der Waals surface area contributed by atoms with E-state index in [2.05, 4.69) is 30.4 Å². The topological polar surface area (TPSA) is 120 Å². The number of nitrogens with zero attached hydrogens (tertiary/aromatic N) is 1. The molecular weight excluding hydrogens is 693 g/mol. The van der Waals surface area contributed by atoms with Gasteiger partial charge in [-0.05, 0) is 27.5 Å². The first-order valence-electron chi connectivity index (χ1n) is 19.5. The highest BCUT2D eigenvalue weighted by Crippen LogP contribution is 2.22. The van der Waals surface area contributed by atoms with Crippen LogP contribution < -0.4 is 5.32 Å². The molecule has 0 bridgehead atoms. The minimum Gasteiger partial charge on any atom is -0.379 e. The van der Waals surface area contributed by atoms with Crippen molar-refractivity contribution in [3.05, 3.63) is 0 Å². The molecule has 10 nitrogen and oxygen atoms in total. The van der Waals surface area contributed by atoms with Gasteiger partial charge in [0.05, 0.1) is 52.9 Å². The van der Waals surface area contributed by atoms with E-state index in [1.807, 2.05) is 0 Å². The fraction of sp³-hybridized carbons (Fsp3) is 0.892. The van der Waals surface area contributed by atoms with E-state index in [-0.39, 0.29) is 31.1 Å². The molecule has 0 aromatic rings. The first-order valence-corrected chi connectivity index (χ1v) is 22.9. The molecule has 0 rings (SSSR count). The van der Waals surface area contributed by atoms with E-state index in [1.165, 1.54) is 83.5 Å². The normalized spacial score (nSPS) is 11.4. The van der Waals surface area contributed by atoms with Crippen molar-refractivity contribution >= 4 is 49.3 Å². The Balaban J connectivity index is 4.01. The lowest BCUT2D eigenvalue weighted by Gasteiger charge is -2.23. The Morgan fingerprint density at radius 1 is 0.540 bits per heavy atom. The molecule has 50 heavy (non-hydrogen) atoms. The predicted molar refractivity (Wildman–Crippen MR) is 213 cm³/mol. The van der Waals surface area contributed by atoms with Gasteiger partial charge in [-0.1, -0.05) is 106 Å². The second-order valence-electron chi connectivity index (χ2n) is 12.9. The van der Waals surface area contributed by atoms with Crippen LogP contribution in [0.4, 0.5) is 0 Å². The van der Waals surface area contributed by atoms with E-state index in [1.54, 1.807) is 4.90 Å². The van der Waals surface area contributed by atoms with Crippen molar-refractivity contribution in [3.8, 4) is 0 Å². The minimum atomic E-state index is 0.0118. The Kier molecular flexibility index (Phi) is 39.1. The number of rotatable bonds is 40. The Morgan fingerprint density at radius 2 is 0.980 bits per heavy atom. The number of carbonyl (C=O) groups is 4. The highest BCUT2D eigenvalue weighted by molar-refractivity contribution is 8.11. The zero-order chi connectivity index (χ0) is 36.8. The molecule has 0 aliphatic carbocycles. The van der Waals surface area contributed by atoms with E-state index in [0.717, 1.165) is 19.3 Å². The number of carbonyl (C=O) groups excluding carboxylic acids is 4. The van der Waals surface area contributed by atoms with Crippen molar-refractivity contribution in [3.63, 3.8) is 0 Å². The van der Waals surface area contributed by atoms with E-state index >= 15 is 0 Å². The maximum Gasteiger partial charge on any atom is 0.222 e. The van der Waals surface area contributed by atoms with Gasteiger partial charge in [-0.25, -0.2) is 0 Å². The smallest absolute Gasteiger partial charge is 0.222 e. The minimum absolute atomic E-state index is 0.0118. The third-order valence-electron chi connectivity index (χ3n) is 8.38. The van der Waals surface area contributed by atoms with E-state index in [9.17, 15) is 19.2 Å². The molecular formula is C37H73N2O8P3. The quantitative estimate of drug-likeness (QED) is 0.0500. The second kappa shape index (κ2) is 39.6. The standard InChI is InChI=1S/C37H73N2O8P3/c1-2-3-4-5-6-7-8-9-10-11-12-13-14-15-16-19-34(40)38-23-18-17-20-35(41)39(24-28-46-32-30-44-26-21-36(42)48)25-29-47-33-31-45-27-22-37(43)50-49/h50H,2-33,48-49H2,1H3,(H,38,40). The van der Waals surface area contributed by atoms with Crippen LogP contribution in [0.5, 0.6) is 0 Å². The highest BCUT2D eigenvalue weighted by atomic mass is 32.0. The average molecular weight is 767 g/mol. The lowest BCUT2D eigenvalue weighted by atomic mass is 10.0. The van der Waals surface area contributed by atoms with Gasteiger partial charge >= 0.3 is 0 Å². The van der Waals surface area contributed by atoms with Gasteiger partial charge in [-0.2, -0.15) is 0 Å². The number of amides is 2. The van der Waals surface area contributed by atoms with Crippen LogP contribution in [-0.4, -0.2) is 100 Å². The van der Waals surface area contributed by atoms with Crippen LogP contribution in [0.15, 0.2) is 0 Å². The number of nitrogens with one attached hydrogen (secondary N) is 1. The van der Waals surface area contributed by atoms with Crippen LogP contribution in [0.3, 0.4) is 0 Å². The van der Waals surface area contributed by atoms with E-state index in [4.69, 9.17) is 18.9 Å². The van der Waals surface area contributed by atoms with Gasteiger partial charge in [0.15, 0.2) is 11.0 Å². The molecule has 0 spiro atoms. The summed E-state index contributed by atoms with van der Waals surface area (Å²) in [6, 6.07) is 0. The summed E-state index contributed by atoms with van der Waals surface area (Å²) >= 11 is 0. The van der Waals surface area contributed by atoms with Crippen molar-refractivity contribution in [1.82, 2.24) is 10.2 Å². The van der Waals surface area contributed by atoms with Crippen molar-refractivity contribution in [2.45, 2.75) is 142 Å². The van der Waals surface area contributed by atoms with E-state index in [0.29, 0.717) is 105 Å². The van der Waals surface area contributed by atoms with Crippen LogP contribution in [0, 0.1) is 0 Å². The maximum atomic E-state index is 13.0. The molecule has 2 amide bonds. The third-order valence-corrected chi connectivity index (χ3v) is 10.2. The van der Waals surface area contributed by atoms with Gasteiger partial charge < -0.3 is 29.2 Å². The molecule has 1 N–H and O–H groups in total. The summed E-state index contributed by atoms with van der Waals surface area (Å²) in [5.41, 5.74) is 0.185. The van der Waals surface area contributed by atoms with Crippen LogP contribution >= 0.6 is 26.4 Å². The molecule has 0 radical (unpaired) electrons. The van der Waals surface area contributed by atoms with Gasteiger partial charge in [-0.15, -0.1) is 8.93 Å². The molecule has 0 aromatic heterocycles. The molecule has 0 heterocycles. The Labute approximate surface area is 311 Å². The summed E-state index contributed by atoms with van der Waals surface area (Å²) in [4.78, 5) is 49.3. The SMILES string of the molecule is CCCCCCCCCCCCCCCCCC(=O)NCCCCC(=O)N(CCOCCOCCC(=O)P)CCOCCOCCC(=O)PP. The molecule has 0 aromatic carbocycles. The molecule has 0 saturated carbocycles. The first kappa shape index (κ1) is 49.4. The van der Waals surface area contributed by atoms with Gasteiger partial charge in [-0.3, -0.25) is 19.2 Å². The average Bonchev–Trinajstić information content (AvgIpc) is 3.10. The number of hydrogen-bond donors (Lipinski definition) is 1. The molecule has 3 unspecified atom stereocenters. The Morgan fingerprint density at radius 3 is 1.46 bits per heavy atom. The predicted octanol–water partition coefficient (Wildman–Crippen LogP) is 7.61. The lowest BCUT2D eigenvalue weighted by Crippen LogP contribution is -2.37. The third kappa shape index (κ3) is 37.2. The summed E-state index contributed by atoms with van der Waals surface area (Å²) in [6.07, 6.45) is 22.9. The molecule has 294 valence electrons. The largest absolute Gasteiger partial charge is 0.379 e. The zero-order valence-electron chi connectivity index (χ0n) is 31.5. The van der Waals surface area contributed by atoms with Gasteiger partial charge in [0, 0.05) is 45.3 Å². The van der Waals surface area contributed by atoms with Crippen molar-refractivity contribution in [2.75, 3.05) is 72.5 Å². The van der Waals surface area contributed by atoms with Gasteiger partial charge in [0.1, 0.15) is 0 Å². The van der Waals surface area contributed by atoms with Crippen LogP contribution in [0.25, 0.3) is 0 Å². The van der Waals surface area contributed by atoms with Crippen molar-refractivity contribution in [1.29, 1.82) is 0 Å². The number of unbranched alkanes of at least 4 members (excludes halogenated alkanes) is 15. The molecule has 0 fully saturated rings. The first-order chi connectivity index (χ1) is 24.4. The summed E-state index contributed by atoms with van der Waals surface area (Å²) in [5.74, 6) is 0.135. The number of ether oxygens (including phenoxy) is 4. The van der Waals surface area contributed by atoms with Gasteiger partial charge in [0.25, 0.3) is 0 Å². The zero-order valence-corrected chi connectivity index (χ0v) is 34.8. The highest BCUT2D eigenvalue weighted by Gasteiger charge is 2.13. The van der Waals surface area contributed by atoms with Crippen molar-refractivity contribution in [2.24, 2.45) is 0 Å². The fourth-order valence-corrected chi connectivity index (χ4v) is 6.09. The van der Waals surface area contributed by atoms with Crippen LogP contribution in [0.2, 0.25) is 0 Å². The Bertz CT molecular complexity index is 826. The Hall–Kier alpha value is -0.590. The van der Waals surface area contributed by atoms with Crippen LogP contribution in [0.1, 0.15) is 142 Å². The number of hydrogen-bond acceptors (Lipinski definition) is 8. The summed E-state index contributed by atoms with van der Waals surface area (Å²) in [7, 11) is 4.79. The maximum absolute atomic E-state index is 13.0. The summed E-state index contributed by atoms with van der Waals surface area (Å²) in [5, 5.41) is 3.01. The molecule has 0 aliphatic heterocycles. The second-order valence-corrected chi connectivity index (χ2v) is 15.2. The molecule has 3 atom stereocenters. The van der Waals surface area contributed by atoms with Crippen LogP contribution in [-0.2, 0) is 38.1 Å². The fourth-order valence-electron chi connectivity index (χ4n) is 5.30. The molecule has 13 heteroatoms.